The van der Waals surface area contributed by atoms with Gasteiger partial charge in [-0.25, -0.2) is 0 Å². The van der Waals surface area contributed by atoms with Crippen molar-refractivity contribution < 1.29 is 9.53 Å². The molecule has 0 saturated heterocycles. The van der Waals surface area contributed by atoms with E-state index in [0.29, 0.717) is 6.54 Å². The van der Waals surface area contributed by atoms with Crippen LogP contribution in [0.3, 0.4) is 0 Å². The fourth-order valence-electron chi connectivity index (χ4n) is 1.22. The van der Waals surface area contributed by atoms with Gasteiger partial charge in [0.2, 0.25) is 0 Å². The van der Waals surface area contributed by atoms with Crippen LogP contribution in [0.5, 0.6) is 5.75 Å². The van der Waals surface area contributed by atoms with Crippen molar-refractivity contribution in [3.05, 3.63) is 29.8 Å². The summed E-state index contributed by atoms with van der Waals surface area (Å²) >= 11 is 3.74. The number of rotatable bonds is 4. The fraction of sp³-hybridized carbons (Fsp3) is 0.364. The summed E-state index contributed by atoms with van der Waals surface area (Å²) in [6.45, 7) is 0.662. The number of benzene rings is 1. The van der Waals surface area contributed by atoms with E-state index in [1.54, 1.807) is 19.1 Å². The average Bonchev–Trinajstić information content (AvgIpc) is 2.26. The lowest BCUT2D eigenvalue weighted by Gasteiger charge is -2.13. The third kappa shape index (κ3) is 3.83. The van der Waals surface area contributed by atoms with Crippen LogP contribution in [0.2, 0.25) is 0 Å². The van der Waals surface area contributed by atoms with Crippen LogP contribution < -0.4 is 4.74 Å². The number of hydrogen-bond donors (Lipinski definition) is 1. The topological polar surface area (TPSA) is 29.5 Å². The maximum absolute atomic E-state index is 10.9. The van der Waals surface area contributed by atoms with Gasteiger partial charge in [-0.1, -0.05) is 24.8 Å². The molecule has 1 aromatic rings. The largest absolute Gasteiger partial charge is 0.497 e. The van der Waals surface area contributed by atoms with Crippen molar-refractivity contribution in [3.8, 4) is 5.75 Å². The van der Waals surface area contributed by atoms with Gasteiger partial charge in [0.05, 0.1) is 7.11 Å². The Balaban J connectivity index is 2.53. The lowest BCUT2D eigenvalue weighted by Crippen LogP contribution is -2.23. The highest BCUT2D eigenvalue weighted by Gasteiger charge is 2.03. The van der Waals surface area contributed by atoms with Gasteiger partial charge in [0.1, 0.15) is 5.75 Å². The number of carbonyl (C=O) groups excluding carboxylic acids is 1. The molecule has 3 nitrogen and oxygen atoms in total. The van der Waals surface area contributed by atoms with E-state index >= 15 is 0 Å². The van der Waals surface area contributed by atoms with E-state index in [1.807, 2.05) is 24.3 Å². The van der Waals surface area contributed by atoms with Gasteiger partial charge in [0.25, 0.3) is 5.24 Å². The van der Waals surface area contributed by atoms with Crippen molar-refractivity contribution in [2.45, 2.75) is 6.42 Å². The molecule has 1 aromatic carbocycles. The Bertz CT molecular complexity index is 341. The van der Waals surface area contributed by atoms with Crippen molar-refractivity contribution in [2.75, 3.05) is 20.7 Å². The zero-order valence-electron chi connectivity index (χ0n) is 8.93. The lowest BCUT2D eigenvalue weighted by molar-refractivity contribution is 0.234. The predicted octanol–water partition coefficient (Wildman–Crippen LogP) is 2.22. The molecule has 0 unspecified atom stereocenters. The molecule has 0 saturated carbocycles. The molecule has 15 heavy (non-hydrogen) atoms. The first-order valence-corrected chi connectivity index (χ1v) is 5.15. The summed E-state index contributed by atoms with van der Waals surface area (Å²) in [6.07, 6.45) is 0.806. The maximum Gasteiger partial charge on any atom is 0.278 e. The van der Waals surface area contributed by atoms with Crippen LogP contribution in [0.25, 0.3) is 0 Å². The van der Waals surface area contributed by atoms with Crippen LogP contribution in [-0.2, 0) is 6.42 Å². The molecule has 0 fully saturated rings. The molecule has 0 N–H and O–H groups in total. The van der Waals surface area contributed by atoms with Crippen LogP contribution in [0.1, 0.15) is 5.56 Å². The van der Waals surface area contributed by atoms with E-state index in [4.69, 9.17) is 4.74 Å². The molecule has 0 aliphatic carbocycles. The van der Waals surface area contributed by atoms with Gasteiger partial charge in [-0.2, -0.15) is 0 Å². The molecule has 0 spiro atoms. The smallest absolute Gasteiger partial charge is 0.278 e. The van der Waals surface area contributed by atoms with Crippen molar-refractivity contribution in [2.24, 2.45) is 0 Å². The van der Waals surface area contributed by atoms with E-state index in [1.165, 1.54) is 0 Å². The van der Waals surface area contributed by atoms with Gasteiger partial charge in [-0.3, -0.25) is 4.79 Å². The zero-order valence-corrected chi connectivity index (χ0v) is 9.83. The zero-order chi connectivity index (χ0) is 11.3. The van der Waals surface area contributed by atoms with Crippen LogP contribution in [0, 0.1) is 0 Å². The van der Waals surface area contributed by atoms with Gasteiger partial charge >= 0.3 is 0 Å². The van der Waals surface area contributed by atoms with E-state index in [0.717, 1.165) is 17.7 Å². The Labute approximate surface area is 95.4 Å². The number of carbonyl (C=O) groups is 1. The van der Waals surface area contributed by atoms with Crippen LogP contribution in [0.15, 0.2) is 24.3 Å². The van der Waals surface area contributed by atoms with E-state index < -0.39 is 0 Å². The van der Waals surface area contributed by atoms with Crippen LogP contribution in [-0.4, -0.2) is 30.8 Å². The van der Waals surface area contributed by atoms with E-state index in [-0.39, 0.29) is 5.24 Å². The lowest BCUT2D eigenvalue weighted by atomic mass is 10.1. The summed E-state index contributed by atoms with van der Waals surface area (Å²) in [6, 6.07) is 7.82. The molecular formula is C11H15NO2S. The maximum atomic E-state index is 10.9. The molecule has 0 heterocycles. The van der Waals surface area contributed by atoms with Crippen molar-refractivity contribution in [1.29, 1.82) is 0 Å². The molecule has 0 aliphatic heterocycles. The Hall–Kier alpha value is -1.16. The second kappa shape index (κ2) is 5.66. The first-order valence-electron chi connectivity index (χ1n) is 4.70. The fourth-order valence-corrected chi connectivity index (χ4v) is 1.32. The summed E-state index contributed by atoms with van der Waals surface area (Å²) < 4.78 is 5.11. The van der Waals surface area contributed by atoms with Gasteiger partial charge in [0, 0.05) is 13.6 Å². The van der Waals surface area contributed by atoms with E-state index in [9.17, 15) is 4.79 Å². The summed E-state index contributed by atoms with van der Waals surface area (Å²) in [4.78, 5) is 12.4. The van der Waals surface area contributed by atoms with Crippen molar-refractivity contribution in [1.82, 2.24) is 4.90 Å². The second-order valence-electron chi connectivity index (χ2n) is 3.31. The first kappa shape index (κ1) is 11.9. The molecular weight excluding hydrogens is 210 g/mol. The van der Waals surface area contributed by atoms with Gasteiger partial charge in [-0.05, 0) is 24.1 Å². The minimum absolute atomic E-state index is 0.210. The molecule has 0 aliphatic rings. The Morgan fingerprint density at radius 2 is 2.27 bits per heavy atom. The standard InChI is InChI=1S/C11H15NO2S/c1-12(11(13)15)7-6-9-4-3-5-10(8-9)14-2/h3-5,8H,6-7H2,1-2H3,(H,13,15). The number of amides is 1. The molecule has 0 aromatic heterocycles. The molecule has 1 amide bonds. The summed E-state index contributed by atoms with van der Waals surface area (Å²) in [5, 5.41) is -0.210. The van der Waals surface area contributed by atoms with Crippen molar-refractivity contribution in [3.63, 3.8) is 0 Å². The summed E-state index contributed by atoms with van der Waals surface area (Å²) in [5.41, 5.74) is 1.15. The van der Waals surface area contributed by atoms with Crippen LogP contribution in [0.4, 0.5) is 4.79 Å². The first-order chi connectivity index (χ1) is 7.13. The molecule has 0 atom stereocenters. The highest BCUT2D eigenvalue weighted by molar-refractivity contribution is 7.96. The molecule has 0 bridgehead atoms. The van der Waals surface area contributed by atoms with E-state index in [2.05, 4.69) is 12.6 Å². The third-order valence-corrected chi connectivity index (χ3v) is 2.54. The monoisotopic (exact) mass is 225 g/mol. The van der Waals surface area contributed by atoms with Gasteiger partial charge < -0.3 is 9.64 Å². The minimum Gasteiger partial charge on any atom is -0.497 e. The second-order valence-corrected chi connectivity index (χ2v) is 3.69. The number of nitrogens with zero attached hydrogens (tertiary/aromatic N) is 1. The number of methoxy groups -OCH3 is 1. The highest BCUT2D eigenvalue weighted by atomic mass is 32.1. The minimum atomic E-state index is -0.210. The number of ether oxygens (including phenoxy) is 1. The number of thiol groups is 1. The highest BCUT2D eigenvalue weighted by Crippen LogP contribution is 2.13. The third-order valence-electron chi connectivity index (χ3n) is 2.20. The average molecular weight is 225 g/mol. The van der Waals surface area contributed by atoms with Gasteiger partial charge in [-0.15, -0.1) is 0 Å². The molecule has 82 valence electrons. The van der Waals surface area contributed by atoms with Crippen LogP contribution >= 0.6 is 12.6 Å². The van der Waals surface area contributed by atoms with Gasteiger partial charge in [0.15, 0.2) is 0 Å². The molecule has 4 heteroatoms. The predicted molar refractivity (Wildman–Crippen MR) is 63.7 cm³/mol. The SMILES string of the molecule is COc1cccc(CCN(C)C(=O)S)c1. The summed E-state index contributed by atoms with van der Waals surface area (Å²) in [7, 11) is 3.37. The number of likely N-dealkylation sites (N-methyl/N-ethyl adjacent to an activating group) is 1. The normalized spacial score (nSPS) is 9.80. The summed E-state index contributed by atoms with van der Waals surface area (Å²) in [5.74, 6) is 0.840. The quantitative estimate of drug-likeness (QED) is 0.796. The Morgan fingerprint density at radius 1 is 1.53 bits per heavy atom. The van der Waals surface area contributed by atoms with Crippen molar-refractivity contribution >= 4 is 17.9 Å². The Morgan fingerprint density at radius 3 is 2.87 bits per heavy atom. The number of hydrogen-bond acceptors (Lipinski definition) is 2. The molecule has 0 radical (unpaired) electrons. The molecule has 1 rings (SSSR count). The Kier molecular flexibility index (Phi) is 4.49.